The highest BCUT2D eigenvalue weighted by molar-refractivity contribution is 5.44. The van der Waals surface area contributed by atoms with Gasteiger partial charge in [0.05, 0.1) is 17.8 Å². The third kappa shape index (κ3) is 2.38. The van der Waals surface area contributed by atoms with Gasteiger partial charge in [-0.15, -0.1) is 0 Å². The maximum Gasteiger partial charge on any atom is 0.256 e. The second kappa shape index (κ2) is 4.90. The average Bonchev–Trinajstić information content (AvgIpc) is 3.30. The standard InChI is InChI=1S/C16H19N5O/c1-9-7-14(20-15(17-9)11-3-4-11)21-6-5-13-12(8-21)16(22)19-10(2)18-13/h7,11H,3-6,8H2,1-2H3,(H,18,19,22). The lowest BCUT2D eigenvalue weighted by atomic mass is 10.1. The summed E-state index contributed by atoms with van der Waals surface area (Å²) in [5.74, 6) is 3.10. The molecule has 1 fully saturated rings. The topological polar surface area (TPSA) is 74.8 Å². The Kier molecular flexibility index (Phi) is 2.99. The van der Waals surface area contributed by atoms with Crippen LogP contribution < -0.4 is 10.5 Å². The maximum atomic E-state index is 12.2. The number of hydrogen-bond acceptors (Lipinski definition) is 5. The van der Waals surface area contributed by atoms with Crippen LogP contribution in [0.3, 0.4) is 0 Å². The fraction of sp³-hybridized carbons (Fsp3) is 0.500. The van der Waals surface area contributed by atoms with Gasteiger partial charge in [0.25, 0.3) is 5.56 Å². The van der Waals surface area contributed by atoms with E-state index in [2.05, 4.69) is 19.9 Å². The van der Waals surface area contributed by atoms with Crippen LogP contribution in [0.5, 0.6) is 0 Å². The Morgan fingerprint density at radius 1 is 1.23 bits per heavy atom. The van der Waals surface area contributed by atoms with Crippen molar-refractivity contribution in [3.05, 3.63) is 45.0 Å². The van der Waals surface area contributed by atoms with Gasteiger partial charge in [-0.1, -0.05) is 0 Å². The van der Waals surface area contributed by atoms with Gasteiger partial charge in [0.1, 0.15) is 17.5 Å². The first-order valence-electron chi connectivity index (χ1n) is 7.79. The highest BCUT2D eigenvalue weighted by Crippen LogP contribution is 2.38. The number of aromatic amines is 1. The summed E-state index contributed by atoms with van der Waals surface area (Å²) in [7, 11) is 0. The molecule has 2 aliphatic rings. The molecule has 4 rings (SSSR count). The molecule has 2 aromatic heterocycles. The lowest BCUT2D eigenvalue weighted by molar-refractivity contribution is 0.678. The predicted octanol–water partition coefficient (Wildman–Crippen LogP) is 1.62. The molecule has 1 N–H and O–H groups in total. The van der Waals surface area contributed by atoms with Crippen molar-refractivity contribution in [1.29, 1.82) is 0 Å². The van der Waals surface area contributed by atoms with Crippen LogP contribution in [0.15, 0.2) is 10.9 Å². The lowest BCUT2D eigenvalue weighted by Crippen LogP contribution is -2.36. The van der Waals surface area contributed by atoms with E-state index in [-0.39, 0.29) is 5.56 Å². The Morgan fingerprint density at radius 3 is 2.82 bits per heavy atom. The highest BCUT2D eigenvalue weighted by Gasteiger charge is 2.28. The Hall–Kier alpha value is -2.24. The molecule has 0 amide bonds. The quantitative estimate of drug-likeness (QED) is 0.911. The number of hydrogen-bond donors (Lipinski definition) is 1. The van der Waals surface area contributed by atoms with E-state index in [9.17, 15) is 4.79 Å². The van der Waals surface area contributed by atoms with E-state index in [1.165, 1.54) is 12.8 Å². The zero-order chi connectivity index (χ0) is 15.3. The number of nitrogens with one attached hydrogen (secondary N) is 1. The highest BCUT2D eigenvalue weighted by atomic mass is 16.1. The van der Waals surface area contributed by atoms with Gasteiger partial charge in [-0.2, -0.15) is 0 Å². The first-order valence-corrected chi connectivity index (χ1v) is 7.79. The van der Waals surface area contributed by atoms with Crippen molar-refractivity contribution in [3.8, 4) is 0 Å². The SMILES string of the molecule is Cc1cc(N2CCc3nc(C)[nH]c(=O)c3C2)nc(C2CC2)n1. The first kappa shape index (κ1) is 13.4. The van der Waals surface area contributed by atoms with Gasteiger partial charge in [0.2, 0.25) is 0 Å². The minimum Gasteiger partial charge on any atom is -0.351 e. The van der Waals surface area contributed by atoms with Crippen LogP contribution >= 0.6 is 0 Å². The second-order valence-corrected chi connectivity index (χ2v) is 6.25. The molecule has 1 aliphatic carbocycles. The summed E-state index contributed by atoms with van der Waals surface area (Å²) < 4.78 is 0. The number of rotatable bonds is 2. The molecule has 114 valence electrons. The van der Waals surface area contributed by atoms with E-state index in [1.807, 2.05) is 19.9 Å². The van der Waals surface area contributed by atoms with Crippen LogP contribution in [0.2, 0.25) is 0 Å². The summed E-state index contributed by atoms with van der Waals surface area (Å²) in [6, 6.07) is 2.01. The molecular weight excluding hydrogens is 278 g/mol. The number of aryl methyl sites for hydroxylation is 2. The molecule has 0 aromatic carbocycles. The summed E-state index contributed by atoms with van der Waals surface area (Å²) in [5.41, 5.74) is 2.65. The van der Waals surface area contributed by atoms with Crippen LogP contribution in [0, 0.1) is 13.8 Å². The molecule has 0 saturated heterocycles. The molecule has 6 nitrogen and oxygen atoms in total. The molecule has 2 aromatic rings. The van der Waals surface area contributed by atoms with Gasteiger partial charge in [0, 0.05) is 30.6 Å². The largest absolute Gasteiger partial charge is 0.351 e. The zero-order valence-corrected chi connectivity index (χ0v) is 12.9. The number of H-pyrrole nitrogens is 1. The number of nitrogens with zero attached hydrogens (tertiary/aromatic N) is 4. The Bertz CT molecular complexity index is 794. The molecule has 0 spiro atoms. The van der Waals surface area contributed by atoms with Gasteiger partial charge >= 0.3 is 0 Å². The Balaban J connectivity index is 1.69. The van der Waals surface area contributed by atoms with E-state index >= 15 is 0 Å². The summed E-state index contributed by atoms with van der Waals surface area (Å²) in [5, 5.41) is 0. The van der Waals surface area contributed by atoms with E-state index in [4.69, 9.17) is 4.98 Å². The molecule has 0 atom stereocenters. The Labute approximate surface area is 128 Å². The van der Waals surface area contributed by atoms with Crippen molar-refractivity contribution >= 4 is 5.82 Å². The zero-order valence-electron chi connectivity index (χ0n) is 12.9. The normalized spacial score (nSPS) is 17.5. The first-order chi connectivity index (χ1) is 10.6. The summed E-state index contributed by atoms with van der Waals surface area (Å²) in [4.78, 5) is 30.8. The summed E-state index contributed by atoms with van der Waals surface area (Å²) in [6.07, 6.45) is 3.16. The van der Waals surface area contributed by atoms with Crippen LogP contribution in [0.4, 0.5) is 5.82 Å². The molecule has 1 saturated carbocycles. The third-order valence-electron chi connectivity index (χ3n) is 4.31. The minimum absolute atomic E-state index is 0.0274. The van der Waals surface area contributed by atoms with Crippen LogP contribution in [0.1, 0.15) is 47.4 Å². The van der Waals surface area contributed by atoms with Gasteiger partial charge in [0.15, 0.2) is 0 Å². The van der Waals surface area contributed by atoms with E-state index in [0.29, 0.717) is 18.3 Å². The molecule has 1 aliphatic heterocycles. The predicted molar refractivity (Wildman–Crippen MR) is 83.1 cm³/mol. The molecule has 3 heterocycles. The number of anilines is 1. The minimum atomic E-state index is -0.0274. The van der Waals surface area contributed by atoms with Gasteiger partial charge in [-0.25, -0.2) is 15.0 Å². The van der Waals surface area contributed by atoms with Crippen molar-refractivity contribution in [2.45, 2.75) is 45.6 Å². The number of fused-ring (bicyclic) bond motifs is 1. The molecule has 6 heteroatoms. The second-order valence-electron chi connectivity index (χ2n) is 6.25. The third-order valence-corrected chi connectivity index (χ3v) is 4.31. The average molecular weight is 297 g/mol. The fourth-order valence-corrected chi connectivity index (χ4v) is 3.01. The summed E-state index contributed by atoms with van der Waals surface area (Å²) in [6.45, 7) is 5.23. The molecule has 0 unspecified atom stereocenters. The molecular formula is C16H19N5O. The van der Waals surface area contributed by atoms with Crippen LogP contribution in [-0.4, -0.2) is 26.5 Å². The molecule has 0 bridgehead atoms. The van der Waals surface area contributed by atoms with E-state index in [0.717, 1.165) is 41.6 Å². The van der Waals surface area contributed by atoms with Gasteiger partial charge in [-0.3, -0.25) is 4.79 Å². The molecule has 0 radical (unpaired) electrons. The van der Waals surface area contributed by atoms with Gasteiger partial charge in [-0.05, 0) is 26.7 Å². The maximum absolute atomic E-state index is 12.2. The van der Waals surface area contributed by atoms with Crippen molar-refractivity contribution in [2.75, 3.05) is 11.4 Å². The molecule has 22 heavy (non-hydrogen) atoms. The van der Waals surface area contributed by atoms with Gasteiger partial charge < -0.3 is 9.88 Å². The van der Waals surface area contributed by atoms with Crippen molar-refractivity contribution in [3.63, 3.8) is 0 Å². The number of aromatic nitrogens is 4. The fourth-order valence-electron chi connectivity index (χ4n) is 3.01. The van der Waals surface area contributed by atoms with Crippen LogP contribution in [-0.2, 0) is 13.0 Å². The Morgan fingerprint density at radius 2 is 2.05 bits per heavy atom. The van der Waals surface area contributed by atoms with Crippen molar-refractivity contribution in [1.82, 2.24) is 19.9 Å². The smallest absolute Gasteiger partial charge is 0.256 e. The van der Waals surface area contributed by atoms with E-state index < -0.39 is 0 Å². The van der Waals surface area contributed by atoms with E-state index in [1.54, 1.807) is 0 Å². The van der Waals surface area contributed by atoms with Crippen molar-refractivity contribution in [2.24, 2.45) is 0 Å². The lowest BCUT2D eigenvalue weighted by Gasteiger charge is -2.29. The van der Waals surface area contributed by atoms with Crippen molar-refractivity contribution < 1.29 is 0 Å². The van der Waals surface area contributed by atoms with Crippen LogP contribution in [0.25, 0.3) is 0 Å². The monoisotopic (exact) mass is 297 g/mol. The summed E-state index contributed by atoms with van der Waals surface area (Å²) >= 11 is 0.